The molecule has 0 radical (unpaired) electrons. The molecule has 2 amide bonds. The molecule has 0 aliphatic rings. The molecule has 0 aliphatic heterocycles. The zero-order valence-electron chi connectivity index (χ0n) is 21.0. The number of aryl methyl sites for hydroxylation is 1. The number of nitrogens with zero attached hydrogens (tertiary/aromatic N) is 2. The number of benzene rings is 3. The lowest BCUT2D eigenvalue weighted by Crippen LogP contribution is -2.26. The number of carbonyl (C=O) groups excluding carboxylic acids is 2. The van der Waals surface area contributed by atoms with Crippen molar-refractivity contribution < 1.29 is 22.8 Å². The van der Waals surface area contributed by atoms with Crippen molar-refractivity contribution in [2.75, 3.05) is 0 Å². The topological polar surface area (TPSA) is 63.5 Å². The Balaban J connectivity index is 1.53. The highest BCUT2D eigenvalue weighted by molar-refractivity contribution is 7.09. The van der Waals surface area contributed by atoms with Gasteiger partial charge in [0.05, 0.1) is 18.2 Å². The third kappa shape index (κ3) is 6.28. The number of hydrogen-bond acceptors (Lipinski definition) is 3. The second-order valence-electron chi connectivity index (χ2n) is 8.91. The number of alkyl halides is 3. The summed E-state index contributed by atoms with van der Waals surface area (Å²) in [5.41, 5.74) is 2.27. The van der Waals surface area contributed by atoms with E-state index < -0.39 is 17.6 Å². The molecule has 0 saturated heterocycles. The Labute approximate surface area is 222 Å². The SMILES string of the molecule is Cc1sc(=NC(=O)c2cccc(C(F)(F)F)c2)n(Cc2ccc(C(=O)N[C@H](C)c3ccccc3)cc2)c1C. The van der Waals surface area contributed by atoms with Gasteiger partial charge in [0.1, 0.15) is 0 Å². The maximum absolute atomic E-state index is 13.1. The number of aromatic nitrogens is 1. The molecule has 38 heavy (non-hydrogen) atoms. The summed E-state index contributed by atoms with van der Waals surface area (Å²) in [7, 11) is 0. The van der Waals surface area contributed by atoms with Crippen LogP contribution in [-0.2, 0) is 12.7 Å². The molecule has 9 heteroatoms. The van der Waals surface area contributed by atoms with Gasteiger partial charge in [0.25, 0.3) is 11.8 Å². The zero-order chi connectivity index (χ0) is 27.4. The number of carbonyl (C=O) groups is 2. The number of amides is 2. The van der Waals surface area contributed by atoms with Crippen LogP contribution >= 0.6 is 11.3 Å². The van der Waals surface area contributed by atoms with Crippen molar-refractivity contribution in [2.24, 2.45) is 4.99 Å². The first-order valence-electron chi connectivity index (χ1n) is 11.9. The van der Waals surface area contributed by atoms with Crippen LogP contribution in [0.1, 0.15) is 60.9 Å². The predicted octanol–water partition coefficient (Wildman–Crippen LogP) is 6.47. The van der Waals surface area contributed by atoms with Crippen LogP contribution in [0.2, 0.25) is 0 Å². The monoisotopic (exact) mass is 537 g/mol. The number of thiazole rings is 1. The van der Waals surface area contributed by atoms with Crippen molar-refractivity contribution in [3.63, 3.8) is 0 Å². The van der Waals surface area contributed by atoms with E-state index in [4.69, 9.17) is 0 Å². The van der Waals surface area contributed by atoms with Crippen LogP contribution in [0.4, 0.5) is 13.2 Å². The van der Waals surface area contributed by atoms with Crippen molar-refractivity contribution >= 4 is 23.2 Å². The van der Waals surface area contributed by atoms with Crippen LogP contribution in [0.15, 0.2) is 83.9 Å². The molecule has 5 nitrogen and oxygen atoms in total. The van der Waals surface area contributed by atoms with Crippen molar-refractivity contribution in [3.8, 4) is 0 Å². The van der Waals surface area contributed by atoms with Gasteiger partial charge in [0, 0.05) is 21.7 Å². The first-order chi connectivity index (χ1) is 18.0. The zero-order valence-corrected chi connectivity index (χ0v) is 21.9. The Morgan fingerprint density at radius 3 is 2.29 bits per heavy atom. The quantitative estimate of drug-likeness (QED) is 0.307. The summed E-state index contributed by atoms with van der Waals surface area (Å²) in [6, 6.07) is 20.9. The van der Waals surface area contributed by atoms with E-state index in [0.29, 0.717) is 16.9 Å². The fourth-order valence-corrected chi connectivity index (χ4v) is 4.87. The third-order valence-electron chi connectivity index (χ3n) is 6.23. The lowest BCUT2D eigenvalue weighted by Gasteiger charge is -2.14. The standard InChI is InChI=1S/C29H26F3N3O2S/c1-18(22-8-5-4-6-9-22)33-26(36)23-14-12-21(13-15-23)17-35-19(2)20(3)38-28(35)34-27(37)24-10-7-11-25(16-24)29(30,31)32/h4-16,18H,17H2,1-3H3,(H,33,36)/t18-/m1/s1. The molecule has 1 aromatic heterocycles. The van der Waals surface area contributed by atoms with Crippen LogP contribution in [0.25, 0.3) is 0 Å². The van der Waals surface area contributed by atoms with Gasteiger partial charge in [-0.3, -0.25) is 9.59 Å². The maximum Gasteiger partial charge on any atom is 0.416 e. The molecule has 0 aliphatic carbocycles. The molecule has 1 atom stereocenters. The van der Waals surface area contributed by atoms with Gasteiger partial charge in [-0.1, -0.05) is 48.5 Å². The van der Waals surface area contributed by atoms with Crippen molar-refractivity contribution in [1.82, 2.24) is 9.88 Å². The van der Waals surface area contributed by atoms with Gasteiger partial charge >= 0.3 is 6.18 Å². The molecular weight excluding hydrogens is 511 g/mol. The molecule has 0 spiro atoms. The van der Waals surface area contributed by atoms with Gasteiger partial charge in [-0.25, -0.2) is 0 Å². The van der Waals surface area contributed by atoms with Gasteiger partial charge in [-0.05, 0) is 62.2 Å². The van der Waals surface area contributed by atoms with E-state index in [-0.39, 0.29) is 17.5 Å². The van der Waals surface area contributed by atoms with Gasteiger partial charge < -0.3 is 9.88 Å². The Hall–Kier alpha value is -3.98. The van der Waals surface area contributed by atoms with Gasteiger partial charge in [-0.2, -0.15) is 18.2 Å². The Morgan fingerprint density at radius 2 is 1.63 bits per heavy atom. The van der Waals surface area contributed by atoms with Gasteiger partial charge in [0.2, 0.25) is 0 Å². The Bertz CT molecular complexity index is 1520. The van der Waals surface area contributed by atoms with Crippen LogP contribution in [0.5, 0.6) is 0 Å². The van der Waals surface area contributed by atoms with E-state index >= 15 is 0 Å². The van der Waals surface area contributed by atoms with E-state index in [2.05, 4.69) is 10.3 Å². The number of halogens is 3. The molecule has 4 aromatic rings. The minimum Gasteiger partial charge on any atom is -0.346 e. The predicted molar refractivity (Wildman–Crippen MR) is 141 cm³/mol. The van der Waals surface area contributed by atoms with Crippen LogP contribution in [0.3, 0.4) is 0 Å². The van der Waals surface area contributed by atoms with Crippen molar-refractivity contribution in [1.29, 1.82) is 0 Å². The summed E-state index contributed by atoms with van der Waals surface area (Å²) in [4.78, 5) is 30.9. The third-order valence-corrected chi connectivity index (χ3v) is 7.32. The largest absolute Gasteiger partial charge is 0.416 e. The number of nitrogens with one attached hydrogen (secondary N) is 1. The van der Waals surface area contributed by atoms with Crippen LogP contribution in [0, 0.1) is 13.8 Å². The van der Waals surface area contributed by atoms with E-state index in [9.17, 15) is 22.8 Å². The second kappa shape index (κ2) is 11.2. The smallest absolute Gasteiger partial charge is 0.346 e. The molecule has 4 rings (SSSR count). The number of hydrogen-bond donors (Lipinski definition) is 1. The normalized spacial score (nSPS) is 12.8. The van der Waals surface area contributed by atoms with E-state index in [1.165, 1.54) is 23.5 Å². The van der Waals surface area contributed by atoms with Crippen molar-refractivity contribution in [2.45, 2.75) is 39.5 Å². The van der Waals surface area contributed by atoms with E-state index in [0.717, 1.165) is 33.8 Å². The summed E-state index contributed by atoms with van der Waals surface area (Å²) < 4.78 is 41.1. The maximum atomic E-state index is 13.1. The summed E-state index contributed by atoms with van der Waals surface area (Å²) in [5, 5.41) is 2.99. The highest BCUT2D eigenvalue weighted by Crippen LogP contribution is 2.29. The summed E-state index contributed by atoms with van der Waals surface area (Å²) in [6.07, 6.45) is -4.55. The Morgan fingerprint density at radius 1 is 0.947 bits per heavy atom. The molecule has 0 unspecified atom stereocenters. The average molecular weight is 538 g/mol. The lowest BCUT2D eigenvalue weighted by molar-refractivity contribution is -0.137. The fraction of sp³-hybridized carbons (Fsp3) is 0.207. The lowest BCUT2D eigenvalue weighted by atomic mass is 10.1. The molecule has 0 saturated carbocycles. The molecule has 1 heterocycles. The van der Waals surface area contributed by atoms with Crippen molar-refractivity contribution in [3.05, 3.63) is 122 Å². The molecular formula is C29H26F3N3O2S. The van der Waals surface area contributed by atoms with E-state index in [1.807, 2.05) is 67.8 Å². The minimum atomic E-state index is -4.55. The van der Waals surface area contributed by atoms with Crippen LogP contribution in [-0.4, -0.2) is 16.4 Å². The highest BCUT2D eigenvalue weighted by Gasteiger charge is 2.30. The molecule has 1 N–H and O–H groups in total. The first kappa shape index (κ1) is 27.1. The van der Waals surface area contributed by atoms with E-state index in [1.54, 1.807) is 12.1 Å². The highest BCUT2D eigenvalue weighted by atomic mass is 32.1. The fourth-order valence-electron chi connectivity index (χ4n) is 3.90. The summed E-state index contributed by atoms with van der Waals surface area (Å²) >= 11 is 1.29. The van der Waals surface area contributed by atoms with Gasteiger partial charge in [0.15, 0.2) is 4.80 Å². The minimum absolute atomic E-state index is 0.129. The average Bonchev–Trinajstić information content (AvgIpc) is 3.16. The molecule has 3 aromatic carbocycles. The Kier molecular flexibility index (Phi) is 7.97. The molecule has 0 bridgehead atoms. The first-order valence-corrected chi connectivity index (χ1v) is 12.7. The van der Waals surface area contributed by atoms with Gasteiger partial charge in [-0.15, -0.1) is 11.3 Å². The summed E-state index contributed by atoms with van der Waals surface area (Å²) in [6.45, 7) is 6.09. The molecule has 0 fully saturated rings. The molecule has 196 valence electrons. The van der Waals surface area contributed by atoms with Crippen LogP contribution < -0.4 is 10.1 Å². The second-order valence-corrected chi connectivity index (χ2v) is 10.1. The summed E-state index contributed by atoms with van der Waals surface area (Å²) in [5.74, 6) is -0.934. The number of rotatable bonds is 6.